The third kappa shape index (κ3) is 7.07. The van der Waals surface area contributed by atoms with Gasteiger partial charge < -0.3 is 19.9 Å². The lowest BCUT2D eigenvalue weighted by molar-refractivity contribution is -0.124. The van der Waals surface area contributed by atoms with Gasteiger partial charge in [-0.25, -0.2) is 9.48 Å². The van der Waals surface area contributed by atoms with Crippen LogP contribution >= 0.6 is 11.6 Å². The third-order valence-corrected chi connectivity index (χ3v) is 6.16. The molecule has 1 aromatic heterocycles. The van der Waals surface area contributed by atoms with Crippen LogP contribution in [0.3, 0.4) is 0 Å². The van der Waals surface area contributed by atoms with Gasteiger partial charge in [0, 0.05) is 11.1 Å². The van der Waals surface area contributed by atoms with Crippen LogP contribution in [0.5, 0.6) is 5.88 Å². The standard InChI is InChI=1S/C26H28ClN3O5/c27-20-12-10-19(11-13-20)17-35-25-14-22(26(32)33)29-30(25)15-24(31)28-21-8-4-5-9-23(21)34-16-18-6-2-1-3-7-18/h1-3,6-7,10-14,21,23H,4-5,8-9,15-17H2,(H,28,31)(H,32,33). The van der Waals surface area contributed by atoms with Crippen LogP contribution in [0, 0.1) is 0 Å². The van der Waals surface area contributed by atoms with Crippen molar-refractivity contribution in [2.75, 3.05) is 0 Å². The van der Waals surface area contributed by atoms with Crippen molar-refractivity contribution < 1.29 is 24.2 Å². The van der Waals surface area contributed by atoms with Crippen LogP contribution in [0.15, 0.2) is 60.7 Å². The number of hydrogen-bond donors (Lipinski definition) is 2. The van der Waals surface area contributed by atoms with E-state index >= 15 is 0 Å². The summed E-state index contributed by atoms with van der Waals surface area (Å²) in [5.74, 6) is -1.27. The first-order valence-corrected chi connectivity index (χ1v) is 12.0. The maximum atomic E-state index is 12.9. The summed E-state index contributed by atoms with van der Waals surface area (Å²) in [6.45, 7) is 0.508. The maximum Gasteiger partial charge on any atom is 0.356 e. The second-order valence-corrected chi connectivity index (χ2v) is 8.98. The van der Waals surface area contributed by atoms with Crippen LogP contribution in [0.1, 0.15) is 47.3 Å². The van der Waals surface area contributed by atoms with Gasteiger partial charge in [-0.05, 0) is 36.1 Å². The van der Waals surface area contributed by atoms with E-state index in [0.717, 1.165) is 36.8 Å². The van der Waals surface area contributed by atoms with E-state index in [1.807, 2.05) is 42.5 Å². The number of carbonyl (C=O) groups excluding carboxylic acids is 1. The molecule has 0 bridgehead atoms. The topological polar surface area (TPSA) is 103 Å². The van der Waals surface area contributed by atoms with Gasteiger partial charge >= 0.3 is 5.97 Å². The summed E-state index contributed by atoms with van der Waals surface area (Å²) < 4.78 is 13.2. The normalized spacial score (nSPS) is 17.6. The molecule has 1 saturated carbocycles. The molecule has 4 rings (SSSR count). The molecule has 1 heterocycles. The monoisotopic (exact) mass is 497 g/mol. The van der Waals surface area contributed by atoms with Crippen LogP contribution in [0.2, 0.25) is 5.02 Å². The molecule has 2 N–H and O–H groups in total. The lowest BCUT2D eigenvalue weighted by atomic mass is 9.92. The second-order valence-electron chi connectivity index (χ2n) is 8.54. The molecule has 1 fully saturated rings. The smallest absolute Gasteiger partial charge is 0.356 e. The van der Waals surface area contributed by atoms with Crippen molar-refractivity contribution in [1.29, 1.82) is 0 Å². The molecular formula is C26H28ClN3O5. The van der Waals surface area contributed by atoms with Crippen molar-refractivity contribution in [2.24, 2.45) is 0 Å². The second kappa shape index (κ2) is 11.9. The Morgan fingerprint density at radius 2 is 1.74 bits per heavy atom. The molecule has 0 spiro atoms. The molecule has 2 aromatic carbocycles. The predicted molar refractivity (Wildman–Crippen MR) is 130 cm³/mol. The minimum atomic E-state index is -1.19. The number of carboxylic acids is 1. The fourth-order valence-corrected chi connectivity index (χ4v) is 4.22. The minimum absolute atomic E-state index is 0.0827. The minimum Gasteiger partial charge on any atom is -0.476 e. The van der Waals surface area contributed by atoms with E-state index in [1.54, 1.807) is 12.1 Å². The molecule has 2 unspecified atom stereocenters. The molecule has 0 saturated heterocycles. The number of ether oxygens (including phenoxy) is 2. The van der Waals surface area contributed by atoms with Gasteiger partial charge in [-0.1, -0.05) is 66.9 Å². The molecule has 3 aromatic rings. The van der Waals surface area contributed by atoms with Crippen molar-refractivity contribution in [2.45, 2.75) is 57.6 Å². The molecule has 9 heteroatoms. The number of carboxylic acid groups (broad SMARTS) is 1. The van der Waals surface area contributed by atoms with Crippen LogP contribution in [0.25, 0.3) is 0 Å². The van der Waals surface area contributed by atoms with Crippen molar-refractivity contribution in [3.05, 3.63) is 82.5 Å². The lowest BCUT2D eigenvalue weighted by Gasteiger charge is -2.32. The third-order valence-electron chi connectivity index (χ3n) is 5.91. The Balaban J connectivity index is 1.38. The van der Waals surface area contributed by atoms with Crippen molar-refractivity contribution in [1.82, 2.24) is 15.1 Å². The Hall–Kier alpha value is -3.36. The summed E-state index contributed by atoms with van der Waals surface area (Å²) >= 11 is 5.92. The van der Waals surface area contributed by atoms with E-state index < -0.39 is 5.97 Å². The van der Waals surface area contributed by atoms with E-state index in [0.29, 0.717) is 11.6 Å². The number of aromatic carboxylic acids is 1. The van der Waals surface area contributed by atoms with E-state index in [-0.39, 0.29) is 42.8 Å². The quantitative estimate of drug-likeness (QED) is 0.429. The van der Waals surface area contributed by atoms with Gasteiger partial charge in [-0.15, -0.1) is 0 Å². The highest BCUT2D eigenvalue weighted by Crippen LogP contribution is 2.23. The van der Waals surface area contributed by atoms with E-state index in [4.69, 9.17) is 21.1 Å². The SMILES string of the molecule is O=C(Cn1nc(C(=O)O)cc1OCc1ccc(Cl)cc1)NC1CCCCC1OCc1ccccc1. The summed E-state index contributed by atoms with van der Waals surface area (Å²) in [6.07, 6.45) is 3.68. The summed E-state index contributed by atoms with van der Waals surface area (Å²) in [5, 5.41) is 17.1. The molecule has 1 aliphatic carbocycles. The zero-order valence-electron chi connectivity index (χ0n) is 19.2. The summed E-state index contributed by atoms with van der Waals surface area (Å²) in [6, 6.07) is 18.2. The highest BCUT2D eigenvalue weighted by molar-refractivity contribution is 6.30. The number of nitrogens with one attached hydrogen (secondary N) is 1. The lowest BCUT2D eigenvalue weighted by Crippen LogP contribution is -2.47. The van der Waals surface area contributed by atoms with Gasteiger partial charge in [0.05, 0.1) is 18.8 Å². The average molecular weight is 498 g/mol. The number of nitrogens with zero attached hydrogens (tertiary/aromatic N) is 2. The van der Waals surface area contributed by atoms with E-state index in [9.17, 15) is 14.7 Å². The van der Waals surface area contributed by atoms with Gasteiger partial charge in [0.25, 0.3) is 0 Å². The molecule has 8 nitrogen and oxygen atoms in total. The van der Waals surface area contributed by atoms with Gasteiger partial charge in [0.15, 0.2) is 5.69 Å². The van der Waals surface area contributed by atoms with Crippen LogP contribution in [-0.2, 0) is 29.3 Å². The fraction of sp³-hybridized carbons (Fsp3) is 0.346. The maximum absolute atomic E-state index is 12.9. The number of amides is 1. The number of hydrogen-bond acceptors (Lipinski definition) is 5. The number of halogens is 1. The molecule has 2 atom stereocenters. The Kier molecular flexibility index (Phi) is 8.39. The Morgan fingerprint density at radius 3 is 2.49 bits per heavy atom. The number of carbonyl (C=O) groups is 2. The van der Waals surface area contributed by atoms with Gasteiger partial charge in [0.1, 0.15) is 13.2 Å². The van der Waals surface area contributed by atoms with E-state index in [1.165, 1.54) is 10.7 Å². The largest absolute Gasteiger partial charge is 0.476 e. The zero-order valence-corrected chi connectivity index (χ0v) is 20.0. The van der Waals surface area contributed by atoms with Crippen molar-refractivity contribution >= 4 is 23.5 Å². The molecule has 184 valence electrons. The Labute approximate surface area is 208 Å². The fourth-order valence-electron chi connectivity index (χ4n) is 4.10. The highest BCUT2D eigenvalue weighted by atomic mass is 35.5. The van der Waals surface area contributed by atoms with Gasteiger partial charge in [-0.3, -0.25) is 4.79 Å². The Morgan fingerprint density at radius 1 is 1.03 bits per heavy atom. The van der Waals surface area contributed by atoms with Gasteiger partial charge in [0.2, 0.25) is 11.8 Å². The molecular weight excluding hydrogens is 470 g/mol. The van der Waals surface area contributed by atoms with Gasteiger partial charge in [-0.2, -0.15) is 5.10 Å². The number of rotatable bonds is 10. The zero-order chi connectivity index (χ0) is 24.6. The van der Waals surface area contributed by atoms with E-state index in [2.05, 4.69) is 10.4 Å². The average Bonchev–Trinajstić information content (AvgIpc) is 3.26. The Bertz CT molecular complexity index is 1130. The molecule has 0 aliphatic heterocycles. The van der Waals surface area contributed by atoms with Crippen LogP contribution in [-0.4, -0.2) is 38.9 Å². The van der Waals surface area contributed by atoms with Crippen LogP contribution < -0.4 is 10.1 Å². The number of benzene rings is 2. The number of aromatic nitrogens is 2. The van der Waals surface area contributed by atoms with Crippen LogP contribution in [0.4, 0.5) is 0 Å². The summed E-state index contributed by atoms with van der Waals surface area (Å²) in [7, 11) is 0. The molecule has 1 amide bonds. The predicted octanol–water partition coefficient (Wildman–Crippen LogP) is 4.46. The van der Waals surface area contributed by atoms with Crippen molar-refractivity contribution in [3.63, 3.8) is 0 Å². The molecule has 35 heavy (non-hydrogen) atoms. The molecule has 0 radical (unpaired) electrons. The first-order valence-electron chi connectivity index (χ1n) is 11.6. The molecule has 1 aliphatic rings. The first-order chi connectivity index (χ1) is 17.0. The summed E-state index contributed by atoms with van der Waals surface area (Å²) in [4.78, 5) is 24.3. The highest BCUT2D eigenvalue weighted by Gasteiger charge is 2.28. The summed E-state index contributed by atoms with van der Waals surface area (Å²) in [5.41, 5.74) is 1.75. The van der Waals surface area contributed by atoms with Crippen molar-refractivity contribution in [3.8, 4) is 5.88 Å². The first kappa shape index (κ1) is 24.8.